The summed E-state index contributed by atoms with van der Waals surface area (Å²) in [5.41, 5.74) is 1.01. The van der Waals surface area contributed by atoms with Gasteiger partial charge in [0.25, 0.3) is 0 Å². The average molecular weight is 779 g/mol. The first-order chi connectivity index (χ1) is 26.1. The Bertz CT molecular complexity index is 1170. The van der Waals surface area contributed by atoms with Gasteiger partial charge in [0.1, 0.15) is 6.04 Å². The second-order valence-corrected chi connectivity index (χ2v) is 14.8. The van der Waals surface area contributed by atoms with Crippen molar-refractivity contribution in [2.45, 2.75) is 137 Å². The minimum atomic E-state index is -0.505. The molecule has 318 valence electrons. The van der Waals surface area contributed by atoms with Crippen LogP contribution in [0.3, 0.4) is 0 Å². The second-order valence-electron chi connectivity index (χ2n) is 14.8. The molecule has 0 saturated carbocycles. The molecule has 13 heteroatoms. The Kier molecular flexibility index (Phi) is 30.8. The minimum absolute atomic E-state index is 0.00137. The lowest BCUT2D eigenvalue weighted by Crippen LogP contribution is -2.53. The van der Waals surface area contributed by atoms with Crippen LogP contribution in [0.2, 0.25) is 0 Å². The fraction of sp³-hybridized carbons (Fsp3) is 0.738. The molecular weight excluding hydrogens is 700 g/mol. The Morgan fingerprint density at radius 1 is 0.927 bits per heavy atom. The summed E-state index contributed by atoms with van der Waals surface area (Å²) in [4.78, 5) is 61.6. The number of likely N-dealkylation sites (N-methyl/N-ethyl adjacent to an activating group) is 2. The highest BCUT2D eigenvalue weighted by atomic mass is 16.5. The molecule has 1 heterocycles. The monoisotopic (exact) mass is 779 g/mol. The van der Waals surface area contributed by atoms with E-state index in [4.69, 9.17) is 9.47 Å². The van der Waals surface area contributed by atoms with Crippen LogP contribution in [0.15, 0.2) is 30.3 Å². The van der Waals surface area contributed by atoms with Gasteiger partial charge in [-0.05, 0) is 50.1 Å². The van der Waals surface area contributed by atoms with Crippen LogP contribution in [0.1, 0.15) is 100.0 Å². The largest absolute Gasteiger partial charge is 0.379 e. The van der Waals surface area contributed by atoms with Crippen molar-refractivity contribution in [3.63, 3.8) is 0 Å². The van der Waals surface area contributed by atoms with E-state index in [9.17, 15) is 24.0 Å². The van der Waals surface area contributed by atoms with Gasteiger partial charge in [0.05, 0.1) is 37.3 Å². The maximum atomic E-state index is 13.3. The summed E-state index contributed by atoms with van der Waals surface area (Å²) in [6.45, 7) is 19.8. The highest BCUT2D eigenvalue weighted by Gasteiger charge is 2.39. The zero-order chi connectivity index (χ0) is 42.5. The number of rotatable bonds is 20. The van der Waals surface area contributed by atoms with Crippen LogP contribution in [0, 0.1) is 17.8 Å². The maximum Gasteiger partial charge on any atom is 0.242 e. The van der Waals surface area contributed by atoms with E-state index in [1.165, 1.54) is 6.42 Å². The molecule has 0 radical (unpaired) electrons. The molecule has 1 aliphatic heterocycles. The van der Waals surface area contributed by atoms with Gasteiger partial charge in [0.15, 0.2) is 0 Å². The summed E-state index contributed by atoms with van der Waals surface area (Å²) in [5.74, 6) is 0.835. The van der Waals surface area contributed by atoms with Gasteiger partial charge in [-0.25, -0.2) is 0 Å². The Balaban J connectivity index is 0. The molecular formula is C42H78N6O7. The van der Waals surface area contributed by atoms with Gasteiger partial charge in [0.2, 0.25) is 30.5 Å². The molecule has 1 aromatic carbocycles. The Morgan fingerprint density at radius 3 is 1.95 bits per heavy atom. The van der Waals surface area contributed by atoms with Crippen LogP contribution in [0.25, 0.3) is 0 Å². The van der Waals surface area contributed by atoms with Crippen LogP contribution in [-0.4, -0.2) is 125 Å². The molecule has 1 saturated heterocycles. The van der Waals surface area contributed by atoms with Crippen molar-refractivity contribution in [3.8, 4) is 0 Å². The van der Waals surface area contributed by atoms with Crippen molar-refractivity contribution in [2.24, 2.45) is 17.8 Å². The molecule has 2 rings (SSSR count). The fourth-order valence-corrected chi connectivity index (χ4v) is 6.28. The fourth-order valence-electron chi connectivity index (χ4n) is 6.28. The average Bonchev–Trinajstić information content (AvgIpc) is 3.66. The topological polar surface area (TPSA) is 158 Å². The summed E-state index contributed by atoms with van der Waals surface area (Å²) in [6, 6.07) is 9.49. The second kappa shape index (κ2) is 31.6. The number of likely N-dealkylation sites (tertiary alicyclic amines) is 1. The minimum Gasteiger partial charge on any atom is -0.379 e. The quantitative estimate of drug-likeness (QED) is 0.142. The van der Waals surface area contributed by atoms with Crippen molar-refractivity contribution >= 4 is 30.5 Å². The highest BCUT2D eigenvalue weighted by molar-refractivity contribution is 5.83. The maximum absolute atomic E-state index is 13.3. The molecule has 55 heavy (non-hydrogen) atoms. The number of methoxy groups -OCH3 is 2. The first-order valence-electron chi connectivity index (χ1n) is 20.0. The van der Waals surface area contributed by atoms with Crippen molar-refractivity contribution in [1.29, 1.82) is 0 Å². The van der Waals surface area contributed by atoms with E-state index in [0.717, 1.165) is 37.3 Å². The lowest BCUT2D eigenvalue weighted by atomic mass is 9.90. The number of hydrogen-bond donors (Lipinski definition) is 4. The van der Waals surface area contributed by atoms with Crippen LogP contribution in [-0.2, 0) is 39.9 Å². The van der Waals surface area contributed by atoms with Gasteiger partial charge in [-0.3, -0.25) is 24.0 Å². The standard InChI is InChI=1S/C22H41N3O5.C11H14N2O2.C6H15N.C3H8/c1-8-16(4)21(24(5)20(28)13-23-14-26)18(29-6)12-19(27)25-11-9-10-17(25)22(30-7)15(2)3;1-12-11(15)10(13-8-14)7-9-5-3-2-4-6-9;1-5(2)6(3)7-4;1-3-2/h14-18,21-22H,8-13H2,1-7H3,(H,23,26);2-6,8,10H,7H2,1H3,(H,12,15)(H,13,14);5-7H,1-4H3;3H2,1-2H3. The van der Waals surface area contributed by atoms with Gasteiger partial charge < -0.3 is 40.5 Å². The van der Waals surface area contributed by atoms with Crippen LogP contribution >= 0.6 is 0 Å². The Morgan fingerprint density at radius 2 is 1.53 bits per heavy atom. The Labute approximate surface area is 333 Å². The first-order valence-corrected chi connectivity index (χ1v) is 20.0. The number of hydrogen-bond acceptors (Lipinski definition) is 8. The number of ether oxygens (including phenoxy) is 2. The van der Waals surface area contributed by atoms with Crippen LogP contribution < -0.4 is 21.3 Å². The molecule has 1 aromatic rings. The predicted octanol–water partition coefficient (Wildman–Crippen LogP) is 4.43. The lowest BCUT2D eigenvalue weighted by molar-refractivity contribution is -0.144. The summed E-state index contributed by atoms with van der Waals surface area (Å²) in [7, 11) is 8.54. The third-order valence-corrected chi connectivity index (χ3v) is 9.96. The molecule has 7 atom stereocenters. The molecule has 0 aliphatic carbocycles. The van der Waals surface area contributed by atoms with E-state index in [-0.39, 0.29) is 54.8 Å². The van der Waals surface area contributed by atoms with Gasteiger partial charge in [-0.1, -0.05) is 98.6 Å². The molecule has 7 unspecified atom stereocenters. The molecule has 1 fully saturated rings. The van der Waals surface area contributed by atoms with Gasteiger partial charge >= 0.3 is 0 Å². The van der Waals surface area contributed by atoms with Crippen LogP contribution in [0.5, 0.6) is 0 Å². The molecule has 0 bridgehead atoms. The predicted molar refractivity (Wildman–Crippen MR) is 222 cm³/mol. The number of nitrogens with one attached hydrogen (secondary N) is 4. The molecule has 4 N–H and O–H groups in total. The normalized spacial score (nSPS) is 16.6. The zero-order valence-corrected chi connectivity index (χ0v) is 36.6. The van der Waals surface area contributed by atoms with E-state index in [1.807, 2.05) is 42.3 Å². The van der Waals surface area contributed by atoms with E-state index < -0.39 is 12.1 Å². The lowest BCUT2D eigenvalue weighted by Gasteiger charge is -2.39. The summed E-state index contributed by atoms with van der Waals surface area (Å²) in [6.07, 6.45) is 5.31. The highest BCUT2D eigenvalue weighted by Crippen LogP contribution is 2.28. The van der Waals surface area contributed by atoms with Crippen molar-refractivity contribution in [3.05, 3.63) is 35.9 Å². The van der Waals surface area contributed by atoms with E-state index in [0.29, 0.717) is 31.2 Å². The van der Waals surface area contributed by atoms with Gasteiger partial charge in [-0.2, -0.15) is 0 Å². The van der Waals surface area contributed by atoms with E-state index >= 15 is 0 Å². The van der Waals surface area contributed by atoms with E-state index in [2.05, 4.69) is 83.6 Å². The first kappa shape index (κ1) is 53.6. The third kappa shape index (κ3) is 20.8. The molecule has 1 aliphatic rings. The summed E-state index contributed by atoms with van der Waals surface area (Å²) < 4.78 is 11.5. The smallest absolute Gasteiger partial charge is 0.242 e. The molecule has 0 spiro atoms. The summed E-state index contributed by atoms with van der Waals surface area (Å²) >= 11 is 0. The molecule has 13 nitrogen and oxygen atoms in total. The number of carbonyl (C=O) groups is 5. The van der Waals surface area contributed by atoms with Crippen LogP contribution in [0.4, 0.5) is 0 Å². The number of benzene rings is 1. The van der Waals surface area contributed by atoms with Crippen molar-refractivity contribution < 1.29 is 33.4 Å². The number of nitrogens with zero attached hydrogens (tertiary/aromatic N) is 2. The van der Waals surface area contributed by atoms with Crippen molar-refractivity contribution in [2.75, 3.05) is 48.5 Å². The number of amides is 5. The van der Waals surface area contributed by atoms with Gasteiger partial charge in [0, 0.05) is 47.3 Å². The summed E-state index contributed by atoms with van der Waals surface area (Å²) in [5, 5.41) is 10.6. The SMILES string of the molecule is CCC.CCC(C)C(C(CC(=O)N1CCCC1C(OC)C(C)C)OC)N(C)C(=O)CNC=O.CNC(=O)C(Cc1ccccc1)NC=O.CNC(C)C(C)C. The van der Waals surface area contributed by atoms with Crippen molar-refractivity contribution in [1.82, 2.24) is 31.1 Å². The molecule has 0 aromatic heterocycles. The molecule has 5 amide bonds. The number of carbonyl (C=O) groups excluding carboxylic acids is 5. The third-order valence-electron chi connectivity index (χ3n) is 9.96. The van der Waals surface area contributed by atoms with Gasteiger partial charge in [-0.15, -0.1) is 0 Å². The Hall–Kier alpha value is -3.55. The zero-order valence-electron chi connectivity index (χ0n) is 36.6. The van der Waals surface area contributed by atoms with E-state index in [1.54, 1.807) is 33.2 Å².